The molecule has 0 aliphatic carbocycles. The van der Waals surface area contributed by atoms with E-state index in [1.807, 2.05) is 0 Å². The summed E-state index contributed by atoms with van der Waals surface area (Å²) in [7, 11) is 0. The Balaban J connectivity index is 1.72. The SMILES string of the molecule is CC(Sc1nccn1-c1cccc(F)c1)C(=O)Nc1cccc([N+](=O)[O-])c1. The van der Waals surface area contributed by atoms with Gasteiger partial charge in [-0.1, -0.05) is 23.9 Å². The number of nitro groups is 1. The van der Waals surface area contributed by atoms with Crippen LogP contribution in [0.3, 0.4) is 0 Å². The van der Waals surface area contributed by atoms with Gasteiger partial charge in [-0.05, 0) is 31.2 Å². The fourth-order valence-corrected chi connectivity index (χ4v) is 3.24. The van der Waals surface area contributed by atoms with Crippen molar-refractivity contribution in [1.82, 2.24) is 9.55 Å². The van der Waals surface area contributed by atoms with E-state index < -0.39 is 10.2 Å². The molecule has 1 amide bonds. The minimum absolute atomic E-state index is 0.102. The van der Waals surface area contributed by atoms with Crippen LogP contribution in [0.4, 0.5) is 15.8 Å². The zero-order valence-electron chi connectivity index (χ0n) is 14.2. The van der Waals surface area contributed by atoms with Gasteiger partial charge in [0.2, 0.25) is 5.91 Å². The van der Waals surface area contributed by atoms with E-state index >= 15 is 0 Å². The van der Waals surface area contributed by atoms with Gasteiger partial charge in [-0.15, -0.1) is 0 Å². The van der Waals surface area contributed by atoms with Gasteiger partial charge < -0.3 is 5.32 Å². The molecule has 7 nitrogen and oxygen atoms in total. The fraction of sp³-hybridized carbons (Fsp3) is 0.111. The van der Waals surface area contributed by atoms with E-state index in [1.54, 1.807) is 42.1 Å². The molecule has 0 fully saturated rings. The normalized spacial score (nSPS) is 11.8. The second kappa shape index (κ2) is 8.00. The molecular formula is C18H15FN4O3S. The zero-order valence-corrected chi connectivity index (χ0v) is 15.0. The van der Waals surface area contributed by atoms with Crippen molar-refractivity contribution in [2.75, 3.05) is 5.32 Å². The predicted octanol–water partition coefficient (Wildman–Crippen LogP) is 4.04. The second-order valence-corrected chi connectivity index (χ2v) is 6.92. The highest BCUT2D eigenvalue weighted by Gasteiger charge is 2.19. The van der Waals surface area contributed by atoms with E-state index in [0.717, 1.165) is 0 Å². The lowest BCUT2D eigenvalue weighted by Crippen LogP contribution is -2.22. The molecule has 0 spiro atoms. The summed E-state index contributed by atoms with van der Waals surface area (Å²) in [6.45, 7) is 1.70. The van der Waals surface area contributed by atoms with Crippen LogP contribution in [-0.2, 0) is 4.79 Å². The standard InChI is InChI=1S/C18H15FN4O3S/c1-12(17(24)21-14-5-3-7-16(11-14)23(25)26)27-18-20-8-9-22(18)15-6-2-4-13(19)10-15/h2-12H,1H3,(H,21,24). The molecule has 2 aromatic carbocycles. The number of benzene rings is 2. The zero-order chi connectivity index (χ0) is 19.4. The van der Waals surface area contributed by atoms with E-state index in [9.17, 15) is 19.3 Å². The number of halogens is 1. The van der Waals surface area contributed by atoms with Crippen LogP contribution in [0.25, 0.3) is 5.69 Å². The smallest absolute Gasteiger partial charge is 0.271 e. The number of carbonyl (C=O) groups is 1. The van der Waals surface area contributed by atoms with Crippen LogP contribution >= 0.6 is 11.8 Å². The average Bonchev–Trinajstić information content (AvgIpc) is 3.10. The van der Waals surface area contributed by atoms with Crippen LogP contribution in [0.1, 0.15) is 6.92 Å². The first kappa shape index (κ1) is 18.6. The second-order valence-electron chi connectivity index (χ2n) is 5.62. The van der Waals surface area contributed by atoms with Gasteiger partial charge >= 0.3 is 0 Å². The molecule has 138 valence electrons. The molecule has 0 aliphatic heterocycles. The largest absolute Gasteiger partial charge is 0.325 e. The van der Waals surface area contributed by atoms with E-state index in [2.05, 4.69) is 10.3 Å². The Morgan fingerprint density at radius 3 is 2.81 bits per heavy atom. The summed E-state index contributed by atoms with van der Waals surface area (Å²) in [6, 6.07) is 11.8. The molecule has 1 aromatic heterocycles. The topological polar surface area (TPSA) is 90.1 Å². The number of anilines is 1. The van der Waals surface area contributed by atoms with Gasteiger partial charge in [0.25, 0.3) is 5.69 Å². The highest BCUT2D eigenvalue weighted by atomic mass is 32.2. The van der Waals surface area contributed by atoms with Crippen LogP contribution in [0.5, 0.6) is 0 Å². The van der Waals surface area contributed by atoms with Crippen LogP contribution in [0.2, 0.25) is 0 Å². The van der Waals surface area contributed by atoms with Crippen molar-refractivity contribution in [3.63, 3.8) is 0 Å². The third-order valence-corrected chi connectivity index (χ3v) is 4.75. The van der Waals surface area contributed by atoms with Crippen molar-refractivity contribution in [2.24, 2.45) is 0 Å². The first-order valence-electron chi connectivity index (χ1n) is 7.95. The summed E-state index contributed by atoms with van der Waals surface area (Å²) in [5.41, 5.74) is 0.839. The molecule has 0 aliphatic rings. The maximum atomic E-state index is 13.5. The Hall–Kier alpha value is -3.20. The number of imidazole rings is 1. The molecule has 1 unspecified atom stereocenters. The van der Waals surface area contributed by atoms with Crippen LogP contribution in [-0.4, -0.2) is 25.6 Å². The van der Waals surface area contributed by atoms with Crippen LogP contribution in [0, 0.1) is 15.9 Å². The molecule has 0 saturated heterocycles. The number of nitro benzene ring substituents is 1. The van der Waals surface area contributed by atoms with Crippen molar-refractivity contribution in [3.8, 4) is 5.69 Å². The van der Waals surface area contributed by atoms with Gasteiger partial charge in [0, 0.05) is 30.2 Å². The minimum atomic E-state index is -0.529. The summed E-state index contributed by atoms with van der Waals surface area (Å²) < 4.78 is 15.1. The Morgan fingerprint density at radius 1 is 1.30 bits per heavy atom. The monoisotopic (exact) mass is 386 g/mol. The number of hydrogen-bond acceptors (Lipinski definition) is 5. The molecule has 0 saturated carbocycles. The van der Waals surface area contributed by atoms with Gasteiger partial charge in [0.15, 0.2) is 5.16 Å². The first-order chi connectivity index (χ1) is 12.9. The Kier molecular flexibility index (Phi) is 5.51. The van der Waals surface area contributed by atoms with Crippen molar-refractivity contribution in [3.05, 3.63) is 76.9 Å². The molecule has 1 N–H and O–H groups in total. The number of non-ortho nitro benzene ring substituents is 1. The van der Waals surface area contributed by atoms with Gasteiger partial charge in [-0.25, -0.2) is 9.37 Å². The molecular weight excluding hydrogens is 371 g/mol. The molecule has 3 rings (SSSR count). The van der Waals surface area contributed by atoms with E-state index in [4.69, 9.17) is 0 Å². The number of carbonyl (C=O) groups excluding carboxylic acids is 1. The summed E-state index contributed by atoms with van der Waals surface area (Å²) in [4.78, 5) is 27.0. The van der Waals surface area contributed by atoms with Crippen molar-refractivity contribution in [1.29, 1.82) is 0 Å². The number of rotatable bonds is 6. The number of nitrogens with zero attached hydrogens (tertiary/aromatic N) is 3. The highest BCUT2D eigenvalue weighted by molar-refractivity contribution is 8.00. The van der Waals surface area contributed by atoms with E-state index in [0.29, 0.717) is 16.5 Å². The maximum Gasteiger partial charge on any atom is 0.271 e. The summed E-state index contributed by atoms with van der Waals surface area (Å²) in [5, 5.41) is 13.5. The number of thioether (sulfide) groups is 1. The van der Waals surface area contributed by atoms with Gasteiger partial charge in [0.1, 0.15) is 5.82 Å². The summed E-state index contributed by atoms with van der Waals surface area (Å²) in [6.07, 6.45) is 3.25. The van der Waals surface area contributed by atoms with Crippen molar-refractivity contribution < 1.29 is 14.1 Å². The third kappa shape index (κ3) is 4.50. The van der Waals surface area contributed by atoms with E-state index in [1.165, 1.54) is 42.1 Å². The molecule has 1 atom stereocenters. The van der Waals surface area contributed by atoms with E-state index in [-0.39, 0.29) is 17.4 Å². The lowest BCUT2D eigenvalue weighted by Gasteiger charge is -2.13. The summed E-state index contributed by atoms with van der Waals surface area (Å²) >= 11 is 1.20. The van der Waals surface area contributed by atoms with Gasteiger partial charge in [0.05, 0.1) is 15.9 Å². The van der Waals surface area contributed by atoms with Crippen molar-refractivity contribution >= 4 is 29.0 Å². The molecule has 0 bridgehead atoms. The lowest BCUT2D eigenvalue weighted by molar-refractivity contribution is -0.384. The molecule has 27 heavy (non-hydrogen) atoms. The number of aromatic nitrogens is 2. The first-order valence-corrected chi connectivity index (χ1v) is 8.83. The predicted molar refractivity (Wildman–Crippen MR) is 101 cm³/mol. The third-order valence-electron chi connectivity index (χ3n) is 3.67. The van der Waals surface area contributed by atoms with Crippen LogP contribution in [0.15, 0.2) is 66.1 Å². The fourth-order valence-electron chi connectivity index (χ4n) is 2.35. The number of nitrogens with one attached hydrogen (secondary N) is 1. The Morgan fingerprint density at radius 2 is 2.07 bits per heavy atom. The molecule has 0 radical (unpaired) electrons. The number of hydrogen-bond donors (Lipinski definition) is 1. The molecule has 9 heteroatoms. The maximum absolute atomic E-state index is 13.5. The van der Waals surface area contributed by atoms with Gasteiger partial charge in [-0.3, -0.25) is 19.5 Å². The summed E-state index contributed by atoms with van der Waals surface area (Å²) in [5.74, 6) is -0.692. The quantitative estimate of drug-likeness (QED) is 0.392. The van der Waals surface area contributed by atoms with Crippen LogP contribution < -0.4 is 5.32 Å². The highest BCUT2D eigenvalue weighted by Crippen LogP contribution is 2.26. The van der Waals surface area contributed by atoms with Crippen molar-refractivity contribution in [2.45, 2.75) is 17.3 Å². The number of amides is 1. The Bertz CT molecular complexity index is 992. The molecule has 1 heterocycles. The minimum Gasteiger partial charge on any atom is -0.325 e. The average molecular weight is 386 g/mol. The lowest BCUT2D eigenvalue weighted by atomic mass is 10.2. The Labute approximate surface area is 158 Å². The molecule has 3 aromatic rings. The van der Waals surface area contributed by atoms with Gasteiger partial charge in [-0.2, -0.15) is 0 Å².